The van der Waals surface area contributed by atoms with E-state index >= 15 is 0 Å². The summed E-state index contributed by atoms with van der Waals surface area (Å²) in [5, 5.41) is 9.99. The van der Waals surface area contributed by atoms with Gasteiger partial charge in [-0.1, -0.05) is 25.1 Å². The molecule has 3 rings (SSSR count). The van der Waals surface area contributed by atoms with E-state index in [-0.39, 0.29) is 18.0 Å². The van der Waals surface area contributed by atoms with E-state index < -0.39 is 0 Å². The minimum absolute atomic E-state index is 0.0804. The van der Waals surface area contributed by atoms with Gasteiger partial charge in [0.1, 0.15) is 0 Å². The van der Waals surface area contributed by atoms with E-state index in [4.69, 9.17) is 0 Å². The van der Waals surface area contributed by atoms with Crippen molar-refractivity contribution in [2.75, 3.05) is 23.7 Å². The van der Waals surface area contributed by atoms with Crippen LogP contribution in [0.25, 0.3) is 10.9 Å². The number of amides is 1. The Morgan fingerprint density at radius 1 is 1.04 bits per heavy atom. The molecule has 0 saturated heterocycles. The quantitative estimate of drug-likeness (QED) is 0.557. The lowest BCUT2D eigenvalue weighted by Crippen LogP contribution is -2.27. The molecule has 6 nitrogen and oxygen atoms in total. The SMILES string of the molecule is CCNCC(=O)Nc1ccc(Nc2cc(=O)[nH]c3ccccc23)cc1. The van der Waals surface area contributed by atoms with Crippen molar-refractivity contribution in [3.63, 3.8) is 0 Å². The number of rotatable bonds is 6. The van der Waals surface area contributed by atoms with Gasteiger partial charge in [0, 0.05) is 22.8 Å². The lowest BCUT2D eigenvalue weighted by atomic mass is 10.2. The molecule has 1 amide bonds. The van der Waals surface area contributed by atoms with Crippen molar-refractivity contribution in [3.8, 4) is 0 Å². The Balaban J connectivity index is 1.76. The molecular weight excluding hydrogens is 316 g/mol. The number of nitrogens with one attached hydrogen (secondary N) is 4. The molecule has 0 atom stereocenters. The van der Waals surface area contributed by atoms with Gasteiger partial charge in [0.25, 0.3) is 0 Å². The van der Waals surface area contributed by atoms with Gasteiger partial charge in [-0.2, -0.15) is 0 Å². The third-order valence-electron chi connectivity index (χ3n) is 3.73. The molecule has 0 aliphatic heterocycles. The van der Waals surface area contributed by atoms with Crippen LogP contribution in [0.1, 0.15) is 6.92 Å². The van der Waals surface area contributed by atoms with Gasteiger partial charge in [0.15, 0.2) is 0 Å². The van der Waals surface area contributed by atoms with Gasteiger partial charge in [-0.05, 0) is 36.9 Å². The molecule has 6 heteroatoms. The van der Waals surface area contributed by atoms with Gasteiger partial charge in [0.2, 0.25) is 11.5 Å². The number of carbonyl (C=O) groups excluding carboxylic acids is 1. The molecule has 0 fully saturated rings. The van der Waals surface area contributed by atoms with Crippen LogP contribution >= 0.6 is 0 Å². The van der Waals surface area contributed by atoms with Crippen LogP contribution in [0, 0.1) is 0 Å². The molecule has 0 spiro atoms. The Hall–Kier alpha value is -3.12. The molecule has 25 heavy (non-hydrogen) atoms. The Morgan fingerprint density at radius 3 is 2.52 bits per heavy atom. The first-order valence-corrected chi connectivity index (χ1v) is 8.15. The van der Waals surface area contributed by atoms with Crippen molar-refractivity contribution < 1.29 is 4.79 Å². The summed E-state index contributed by atoms with van der Waals surface area (Å²) in [5.41, 5.74) is 2.92. The average Bonchev–Trinajstić information content (AvgIpc) is 2.61. The third-order valence-corrected chi connectivity index (χ3v) is 3.73. The summed E-state index contributed by atoms with van der Waals surface area (Å²) in [6.45, 7) is 2.99. The molecule has 1 heterocycles. The highest BCUT2D eigenvalue weighted by atomic mass is 16.2. The van der Waals surface area contributed by atoms with Crippen LogP contribution in [0.3, 0.4) is 0 Å². The monoisotopic (exact) mass is 336 g/mol. The Morgan fingerprint density at radius 2 is 1.76 bits per heavy atom. The van der Waals surface area contributed by atoms with Crippen molar-refractivity contribution in [1.82, 2.24) is 10.3 Å². The summed E-state index contributed by atoms with van der Waals surface area (Å²) < 4.78 is 0. The smallest absolute Gasteiger partial charge is 0.250 e. The topological polar surface area (TPSA) is 86.0 Å². The summed E-state index contributed by atoms with van der Waals surface area (Å²) >= 11 is 0. The van der Waals surface area contributed by atoms with Gasteiger partial charge in [0.05, 0.1) is 17.7 Å². The second kappa shape index (κ2) is 7.63. The van der Waals surface area contributed by atoms with E-state index in [0.29, 0.717) is 0 Å². The van der Waals surface area contributed by atoms with E-state index in [0.717, 1.165) is 34.5 Å². The lowest BCUT2D eigenvalue weighted by Gasteiger charge is -2.11. The van der Waals surface area contributed by atoms with Crippen molar-refractivity contribution in [3.05, 3.63) is 65.0 Å². The predicted molar refractivity (Wildman–Crippen MR) is 101 cm³/mol. The molecule has 0 radical (unpaired) electrons. The molecule has 1 aromatic heterocycles. The summed E-state index contributed by atoms with van der Waals surface area (Å²) in [6.07, 6.45) is 0. The van der Waals surface area contributed by atoms with E-state index in [9.17, 15) is 9.59 Å². The number of fused-ring (bicyclic) bond motifs is 1. The normalized spacial score (nSPS) is 10.6. The van der Waals surface area contributed by atoms with Gasteiger partial charge in [-0.3, -0.25) is 9.59 Å². The van der Waals surface area contributed by atoms with Crippen LogP contribution in [0.5, 0.6) is 0 Å². The number of carbonyl (C=O) groups is 1. The molecule has 0 aliphatic carbocycles. The third kappa shape index (κ3) is 4.24. The fraction of sp³-hybridized carbons (Fsp3) is 0.158. The van der Waals surface area contributed by atoms with Crippen molar-refractivity contribution in [2.24, 2.45) is 0 Å². The number of aromatic amines is 1. The van der Waals surface area contributed by atoms with Crippen molar-refractivity contribution in [1.29, 1.82) is 0 Å². The lowest BCUT2D eigenvalue weighted by molar-refractivity contribution is -0.115. The Labute approximate surface area is 145 Å². The summed E-state index contributed by atoms with van der Waals surface area (Å²) in [6, 6.07) is 16.5. The molecule has 0 aliphatic rings. The van der Waals surface area contributed by atoms with Crippen LogP contribution < -0.4 is 21.5 Å². The summed E-state index contributed by atoms with van der Waals surface area (Å²) in [5.74, 6) is -0.0804. The molecular formula is C19H20N4O2. The highest BCUT2D eigenvalue weighted by molar-refractivity contribution is 5.94. The van der Waals surface area contributed by atoms with Gasteiger partial charge < -0.3 is 20.9 Å². The zero-order valence-corrected chi connectivity index (χ0v) is 13.9. The maximum atomic E-state index is 11.8. The van der Waals surface area contributed by atoms with E-state index in [1.807, 2.05) is 55.5 Å². The van der Waals surface area contributed by atoms with E-state index in [2.05, 4.69) is 20.9 Å². The molecule has 128 valence electrons. The first kappa shape index (κ1) is 16.7. The second-order valence-corrected chi connectivity index (χ2v) is 5.62. The molecule has 0 bridgehead atoms. The number of likely N-dealkylation sites (N-methyl/N-ethyl adjacent to an activating group) is 1. The van der Waals surface area contributed by atoms with Crippen LogP contribution in [-0.4, -0.2) is 24.0 Å². The number of anilines is 3. The van der Waals surface area contributed by atoms with Gasteiger partial charge in [-0.25, -0.2) is 0 Å². The van der Waals surface area contributed by atoms with Crippen LogP contribution in [0.15, 0.2) is 59.4 Å². The number of hydrogen-bond donors (Lipinski definition) is 4. The van der Waals surface area contributed by atoms with E-state index in [1.165, 1.54) is 6.07 Å². The van der Waals surface area contributed by atoms with Gasteiger partial charge in [-0.15, -0.1) is 0 Å². The predicted octanol–water partition coefficient (Wildman–Crippen LogP) is 2.82. The summed E-state index contributed by atoms with van der Waals surface area (Å²) in [7, 11) is 0. The average molecular weight is 336 g/mol. The molecule has 2 aromatic carbocycles. The van der Waals surface area contributed by atoms with Crippen molar-refractivity contribution >= 4 is 33.9 Å². The fourth-order valence-corrected chi connectivity index (χ4v) is 2.54. The maximum absolute atomic E-state index is 11.8. The molecule has 0 unspecified atom stereocenters. The number of pyridine rings is 1. The number of aromatic nitrogens is 1. The molecule has 3 aromatic rings. The van der Waals surface area contributed by atoms with Crippen molar-refractivity contribution in [2.45, 2.75) is 6.92 Å². The minimum Gasteiger partial charge on any atom is -0.355 e. The Kier molecular flexibility index (Phi) is 5.11. The summed E-state index contributed by atoms with van der Waals surface area (Å²) in [4.78, 5) is 26.3. The van der Waals surface area contributed by atoms with Gasteiger partial charge >= 0.3 is 0 Å². The fourth-order valence-electron chi connectivity index (χ4n) is 2.54. The second-order valence-electron chi connectivity index (χ2n) is 5.62. The molecule has 0 saturated carbocycles. The maximum Gasteiger partial charge on any atom is 0.250 e. The highest BCUT2D eigenvalue weighted by Crippen LogP contribution is 2.24. The Bertz CT molecular complexity index is 932. The number of hydrogen-bond acceptors (Lipinski definition) is 4. The van der Waals surface area contributed by atoms with Crippen LogP contribution in [0.2, 0.25) is 0 Å². The number of H-pyrrole nitrogens is 1. The van der Waals surface area contributed by atoms with Crippen LogP contribution in [-0.2, 0) is 4.79 Å². The standard InChI is InChI=1S/C19H20N4O2/c1-2-20-12-19(25)22-14-9-7-13(8-10-14)21-17-11-18(24)23-16-6-4-3-5-15(16)17/h3-11,20H,2,12H2,1H3,(H,22,25)(H2,21,23,24). The number of para-hydroxylation sites is 1. The molecule has 4 N–H and O–H groups in total. The first-order valence-electron chi connectivity index (χ1n) is 8.15. The van der Waals surface area contributed by atoms with E-state index in [1.54, 1.807) is 0 Å². The zero-order valence-electron chi connectivity index (χ0n) is 13.9. The minimum atomic E-state index is -0.159. The highest BCUT2D eigenvalue weighted by Gasteiger charge is 2.05. The zero-order chi connectivity index (χ0) is 17.6. The first-order chi connectivity index (χ1) is 12.2. The number of benzene rings is 2. The van der Waals surface area contributed by atoms with Crippen LogP contribution in [0.4, 0.5) is 17.1 Å². The largest absolute Gasteiger partial charge is 0.355 e.